The van der Waals surface area contributed by atoms with Gasteiger partial charge in [0.15, 0.2) is 0 Å². The van der Waals surface area contributed by atoms with E-state index in [9.17, 15) is 8.94 Å². The average molecular weight is 432 g/mol. The van der Waals surface area contributed by atoms with Gasteiger partial charge in [0.1, 0.15) is 11.6 Å². The first-order valence-corrected chi connectivity index (χ1v) is 11.5. The minimum absolute atomic E-state index is 0.0166. The first-order valence-electron chi connectivity index (χ1n) is 10.2. The Bertz CT molecular complexity index is 885. The molecule has 0 spiro atoms. The number of aryl methyl sites for hydroxylation is 2. The van der Waals surface area contributed by atoms with E-state index in [4.69, 9.17) is 5.11 Å². The maximum Gasteiger partial charge on any atom is 0.134 e. The Morgan fingerprint density at radius 1 is 1.17 bits per heavy atom. The van der Waals surface area contributed by atoms with Gasteiger partial charge in [-0.05, 0) is 37.6 Å². The van der Waals surface area contributed by atoms with Gasteiger partial charge in [-0.1, -0.05) is 24.3 Å². The van der Waals surface area contributed by atoms with Crippen molar-refractivity contribution in [2.24, 2.45) is 0 Å². The third-order valence-electron chi connectivity index (χ3n) is 5.35. The van der Waals surface area contributed by atoms with Crippen LogP contribution in [0.25, 0.3) is 5.70 Å². The van der Waals surface area contributed by atoms with E-state index >= 15 is 0 Å². The van der Waals surface area contributed by atoms with Crippen molar-refractivity contribution in [3.63, 3.8) is 0 Å². The van der Waals surface area contributed by atoms with E-state index in [0.717, 1.165) is 26.2 Å². The molecule has 5 nitrogen and oxygen atoms in total. The second kappa shape index (κ2) is 10.2. The average Bonchev–Trinajstić information content (AvgIpc) is 2.72. The Hall–Kier alpha value is -2.22. The SMILES string of the molecule is C=C(c1ccc(N[S+]([O-])CCCO)cc1F)N1CCN(c2ccc(C)cc2C)CC1. The summed E-state index contributed by atoms with van der Waals surface area (Å²) in [6, 6.07) is 11.2. The normalized spacial score (nSPS) is 15.2. The molecule has 1 heterocycles. The van der Waals surface area contributed by atoms with Crippen molar-refractivity contribution < 1.29 is 14.0 Å². The predicted octanol–water partition coefficient (Wildman–Crippen LogP) is 3.69. The third-order valence-corrected chi connectivity index (χ3v) is 6.48. The fourth-order valence-corrected chi connectivity index (χ4v) is 4.62. The zero-order valence-corrected chi connectivity index (χ0v) is 18.5. The number of halogens is 1. The number of rotatable bonds is 8. The molecule has 0 aliphatic carbocycles. The molecule has 1 fully saturated rings. The molecule has 2 aromatic rings. The molecular formula is C23H30FN3O2S. The maximum atomic E-state index is 14.7. The number of hydrogen-bond donors (Lipinski definition) is 2. The second-order valence-electron chi connectivity index (χ2n) is 7.63. The highest BCUT2D eigenvalue weighted by molar-refractivity contribution is 7.92. The van der Waals surface area contributed by atoms with Crippen molar-refractivity contribution in [1.82, 2.24) is 4.90 Å². The number of benzene rings is 2. The van der Waals surface area contributed by atoms with E-state index in [0.29, 0.717) is 29.1 Å². The molecule has 1 saturated heterocycles. The monoisotopic (exact) mass is 431 g/mol. The van der Waals surface area contributed by atoms with Gasteiger partial charge < -0.3 is 19.5 Å². The highest BCUT2D eigenvalue weighted by Crippen LogP contribution is 2.27. The lowest BCUT2D eigenvalue weighted by molar-refractivity contribution is 0.295. The Labute approximate surface area is 181 Å². The second-order valence-corrected chi connectivity index (χ2v) is 8.94. The third kappa shape index (κ3) is 5.47. The standard InChI is InChI=1S/C23H30FN3O2S/c1-17-5-8-23(18(2)15-17)27-11-9-26(10-12-27)19(3)21-7-6-20(16-22(21)24)25-30(29)14-4-13-28/h5-8,15-16,25,28H,3-4,9-14H2,1-2H3. The van der Waals surface area contributed by atoms with Crippen molar-refractivity contribution >= 4 is 28.4 Å². The van der Waals surface area contributed by atoms with Gasteiger partial charge in [0, 0.05) is 62.2 Å². The van der Waals surface area contributed by atoms with Gasteiger partial charge in [-0.2, -0.15) is 0 Å². The quantitative estimate of drug-likeness (QED) is 0.624. The maximum absolute atomic E-state index is 14.7. The van der Waals surface area contributed by atoms with E-state index in [-0.39, 0.29) is 12.4 Å². The number of hydrogen-bond acceptors (Lipinski definition) is 5. The van der Waals surface area contributed by atoms with Crippen LogP contribution in [0.1, 0.15) is 23.1 Å². The molecule has 1 aliphatic rings. The summed E-state index contributed by atoms with van der Waals surface area (Å²) in [6.07, 6.45) is 0.436. The summed E-state index contributed by atoms with van der Waals surface area (Å²) >= 11 is -1.34. The fraction of sp³-hybridized carbons (Fsp3) is 0.391. The van der Waals surface area contributed by atoms with E-state index in [2.05, 4.69) is 53.1 Å². The van der Waals surface area contributed by atoms with E-state index in [1.165, 1.54) is 22.9 Å². The smallest absolute Gasteiger partial charge is 0.134 e. The van der Waals surface area contributed by atoms with E-state index in [1.54, 1.807) is 12.1 Å². The van der Waals surface area contributed by atoms with Crippen molar-refractivity contribution in [3.8, 4) is 0 Å². The minimum atomic E-state index is -1.34. The predicted molar refractivity (Wildman–Crippen MR) is 123 cm³/mol. The van der Waals surface area contributed by atoms with Crippen LogP contribution in [0.15, 0.2) is 43.0 Å². The van der Waals surface area contributed by atoms with Crippen molar-refractivity contribution in [2.75, 3.05) is 48.2 Å². The molecule has 30 heavy (non-hydrogen) atoms. The largest absolute Gasteiger partial charge is 0.593 e. The molecule has 1 aliphatic heterocycles. The van der Waals surface area contributed by atoms with Gasteiger partial charge in [0.05, 0.1) is 17.0 Å². The molecule has 7 heteroatoms. The summed E-state index contributed by atoms with van der Waals surface area (Å²) < 4.78 is 29.4. The zero-order chi connectivity index (χ0) is 21.7. The molecule has 2 aromatic carbocycles. The van der Waals surface area contributed by atoms with Crippen molar-refractivity contribution in [1.29, 1.82) is 0 Å². The van der Waals surface area contributed by atoms with Crippen LogP contribution in [0.3, 0.4) is 0 Å². The molecule has 0 aromatic heterocycles. The first-order chi connectivity index (χ1) is 14.4. The summed E-state index contributed by atoms with van der Waals surface area (Å²) in [5, 5.41) is 8.81. The van der Waals surface area contributed by atoms with Crippen molar-refractivity contribution in [2.45, 2.75) is 20.3 Å². The van der Waals surface area contributed by atoms with Gasteiger partial charge in [-0.25, -0.2) is 9.11 Å². The molecule has 0 bridgehead atoms. The molecule has 2 N–H and O–H groups in total. The molecule has 0 saturated carbocycles. The molecule has 0 radical (unpaired) electrons. The van der Waals surface area contributed by atoms with Crippen LogP contribution >= 0.6 is 0 Å². The van der Waals surface area contributed by atoms with Crippen LogP contribution in [0.2, 0.25) is 0 Å². The van der Waals surface area contributed by atoms with Gasteiger partial charge in [0.2, 0.25) is 0 Å². The van der Waals surface area contributed by atoms with Gasteiger partial charge >= 0.3 is 0 Å². The summed E-state index contributed by atoms with van der Waals surface area (Å²) in [7, 11) is 0. The highest BCUT2D eigenvalue weighted by Gasteiger charge is 2.21. The Balaban J connectivity index is 1.60. The molecule has 1 atom stereocenters. The van der Waals surface area contributed by atoms with Gasteiger partial charge in [0.25, 0.3) is 0 Å². The lowest BCUT2D eigenvalue weighted by Gasteiger charge is -2.39. The topological polar surface area (TPSA) is 61.8 Å². The summed E-state index contributed by atoms with van der Waals surface area (Å²) in [4.78, 5) is 4.48. The number of nitrogens with zero attached hydrogens (tertiary/aromatic N) is 2. The van der Waals surface area contributed by atoms with Crippen LogP contribution in [0, 0.1) is 19.7 Å². The summed E-state index contributed by atoms with van der Waals surface area (Å²) in [5.74, 6) is -0.0712. The number of piperazine rings is 1. The highest BCUT2D eigenvalue weighted by atomic mass is 32.2. The lowest BCUT2D eigenvalue weighted by Crippen LogP contribution is -2.45. The Kier molecular flexibility index (Phi) is 7.64. The molecule has 1 unspecified atom stereocenters. The van der Waals surface area contributed by atoms with Crippen molar-refractivity contribution in [3.05, 3.63) is 65.5 Å². The number of aliphatic hydroxyl groups is 1. The van der Waals surface area contributed by atoms with Gasteiger partial charge in [-0.3, -0.25) is 0 Å². The Morgan fingerprint density at radius 3 is 2.53 bits per heavy atom. The summed E-state index contributed by atoms with van der Waals surface area (Å²) in [6.45, 7) is 11.6. The van der Waals surface area contributed by atoms with Crippen LogP contribution in [-0.2, 0) is 11.4 Å². The number of aliphatic hydroxyl groups excluding tert-OH is 1. The minimum Gasteiger partial charge on any atom is -0.593 e. The molecule has 162 valence electrons. The Morgan fingerprint density at radius 2 is 1.90 bits per heavy atom. The van der Waals surface area contributed by atoms with Crippen LogP contribution in [0.5, 0.6) is 0 Å². The fourth-order valence-electron chi connectivity index (χ4n) is 3.74. The summed E-state index contributed by atoms with van der Waals surface area (Å²) in [5.41, 5.74) is 5.37. The molecule has 3 rings (SSSR count). The number of nitrogens with one attached hydrogen (secondary N) is 1. The molecule has 0 amide bonds. The zero-order valence-electron chi connectivity index (χ0n) is 17.7. The number of anilines is 2. The van der Waals surface area contributed by atoms with E-state index in [1.807, 2.05) is 0 Å². The molecular weight excluding hydrogens is 401 g/mol. The van der Waals surface area contributed by atoms with Gasteiger partial charge in [-0.15, -0.1) is 0 Å². The van der Waals surface area contributed by atoms with Crippen LogP contribution in [0.4, 0.5) is 15.8 Å². The van der Waals surface area contributed by atoms with Crippen LogP contribution < -0.4 is 9.62 Å². The van der Waals surface area contributed by atoms with Crippen LogP contribution in [-0.4, -0.2) is 53.1 Å². The van der Waals surface area contributed by atoms with E-state index < -0.39 is 11.4 Å². The lowest BCUT2D eigenvalue weighted by atomic mass is 10.1. The first kappa shape index (κ1) is 22.5.